The molecule has 0 saturated carbocycles. The minimum atomic E-state index is 0.249. The second-order valence-corrected chi connectivity index (χ2v) is 4.09. The first kappa shape index (κ1) is 9.51. The molecule has 0 aromatic heterocycles. The molecule has 0 atom stereocenters. The van der Waals surface area contributed by atoms with Crippen molar-refractivity contribution in [3.63, 3.8) is 0 Å². The molecule has 0 aromatic carbocycles. The lowest BCUT2D eigenvalue weighted by Gasteiger charge is -2.19. The van der Waals surface area contributed by atoms with Gasteiger partial charge in [0.05, 0.1) is 0 Å². The number of allylic oxidation sites excluding steroid dienone is 1. The number of hydrogen-bond donors (Lipinski definition) is 0. The van der Waals surface area contributed by atoms with Crippen molar-refractivity contribution >= 4 is 27.5 Å². The van der Waals surface area contributed by atoms with E-state index in [1.54, 1.807) is 0 Å². The first-order valence-corrected chi connectivity index (χ1v) is 4.37. The van der Waals surface area contributed by atoms with Crippen molar-refractivity contribution in [1.82, 2.24) is 0 Å². The van der Waals surface area contributed by atoms with Crippen molar-refractivity contribution in [3.05, 3.63) is 11.6 Å². The van der Waals surface area contributed by atoms with Gasteiger partial charge in [0.1, 0.15) is 0 Å². The molecule has 2 heteroatoms. The van der Waals surface area contributed by atoms with Gasteiger partial charge in [-0.3, -0.25) is 0 Å². The average molecular weight is 212 g/mol. The van der Waals surface area contributed by atoms with E-state index in [4.69, 9.17) is 11.6 Å². The smallest absolute Gasteiger partial charge is 0.0114 e. The van der Waals surface area contributed by atoms with Gasteiger partial charge in [0, 0.05) is 10.4 Å². The summed E-state index contributed by atoms with van der Waals surface area (Å²) in [5, 5.41) is 1.70. The van der Waals surface area contributed by atoms with E-state index in [1.807, 2.05) is 0 Å². The predicted molar refractivity (Wildman–Crippen MR) is 47.2 cm³/mol. The summed E-state index contributed by atoms with van der Waals surface area (Å²) >= 11 is 9.03. The molecule has 0 aliphatic rings. The molecule has 0 aromatic rings. The van der Waals surface area contributed by atoms with Crippen LogP contribution in [0, 0.1) is 5.41 Å². The molecular weight excluding hydrogens is 199 g/mol. The predicted octanol–water partition coefficient (Wildman–Crippen LogP) is 3.55. The number of halogens is 2. The summed E-state index contributed by atoms with van der Waals surface area (Å²) in [4.78, 5) is 0. The first-order chi connectivity index (χ1) is 3.98. The van der Waals surface area contributed by atoms with Gasteiger partial charge in [-0.2, -0.15) is 0 Å². The summed E-state index contributed by atoms with van der Waals surface area (Å²) in [5.74, 6) is 0. The molecule has 0 heterocycles. The van der Waals surface area contributed by atoms with Gasteiger partial charge in [0.2, 0.25) is 0 Å². The molecule has 0 fully saturated rings. The number of alkyl halides is 1. The summed E-state index contributed by atoms with van der Waals surface area (Å²) in [6, 6.07) is 0. The molecule has 0 aliphatic heterocycles. The van der Waals surface area contributed by atoms with Gasteiger partial charge in [-0.05, 0) is 11.8 Å². The zero-order valence-corrected chi connectivity index (χ0v) is 8.22. The fraction of sp³-hybridized carbons (Fsp3) is 0.714. The zero-order valence-electron chi connectivity index (χ0n) is 5.88. The van der Waals surface area contributed by atoms with Crippen LogP contribution in [0.1, 0.15) is 20.3 Å². The molecule has 0 amide bonds. The molecule has 0 rings (SSSR count). The minimum absolute atomic E-state index is 0.249. The third kappa shape index (κ3) is 4.98. The Morgan fingerprint density at radius 1 is 1.67 bits per heavy atom. The Morgan fingerprint density at radius 2 is 2.11 bits per heavy atom. The molecule has 0 bridgehead atoms. The summed E-state index contributed by atoms with van der Waals surface area (Å²) in [6.45, 7) is 7.93. The molecule has 0 radical (unpaired) electrons. The highest BCUT2D eigenvalue weighted by atomic mass is 79.9. The second kappa shape index (κ2) is 3.62. The van der Waals surface area contributed by atoms with E-state index in [9.17, 15) is 0 Å². The van der Waals surface area contributed by atoms with Gasteiger partial charge in [-0.25, -0.2) is 0 Å². The summed E-state index contributed by atoms with van der Waals surface area (Å²) in [7, 11) is 0. The summed E-state index contributed by atoms with van der Waals surface area (Å²) in [6.07, 6.45) is 0.875. The molecule has 9 heavy (non-hydrogen) atoms. The van der Waals surface area contributed by atoms with E-state index in [-0.39, 0.29) is 5.41 Å². The average Bonchev–Trinajstić information content (AvgIpc) is 1.63. The van der Waals surface area contributed by atoms with E-state index in [0.717, 1.165) is 16.8 Å². The Morgan fingerprint density at radius 3 is 2.22 bits per heavy atom. The SMILES string of the molecule is C=C(Cl)CC(C)(C)CBr. The molecule has 54 valence electrons. The Kier molecular flexibility index (Phi) is 3.83. The largest absolute Gasteiger partial charge is 0.0922 e. The van der Waals surface area contributed by atoms with Gasteiger partial charge in [0.15, 0.2) is 0 Å². The van der Waals surface area contributed by atoms with Crippen LogP contribution < -0.4 is 0 Å². The third-order valence-electron chi connectivity index (χ3n) is 1.03. The van der Waals surface area contributed by atoms with Crippen LogP contribution in [-0.2, 0) is 0 Å². The minimum Gasteiger partial charge on any atom is -0.0922 e. The van der Waals surface area contributed by atoms with Crippen LogP contribution in [0.4, 0.5) is 0 Å². The quantitative estimate of drug-likeness (QED) is 0.626. The van der Waals surface area contributed by atoms with E-state index in [0.29, 0.717) is 0 Å². The van der Waals surface area contributed by atoms with Crippen LogP contribution in [0.5, 0.6) is 0 Å². The maximum absolute atomic E-state index is 5.63. The monoisotopic (exact) mass is 210 g/mol. The molecule has 0 nitrogen and oxygen atoms in total. The van der Waals surface area contributed by atoms with Crippen LogP contribution in [0.25, 0.3) is 0 Å². The topological polar surface area (TPSA) is 0 Å². The molecule has 0 N–H and O–H groups in total. The van der Waals surface area contributed by atoms with E-state index in [1.165, 1.54) is 0 Å². The van der Waals surface area contributed by atoms with Crippen LogP contribution in [0.2, 0.25) is 0 Å². The van der Waals surface area contributed by atoms with Gasteiger partial charge >= 0.3 is 0 Å². The van der Waals surface area contributed by atoms with Gasteiger partial charge in [0.25, 0.3) is 0 Å². The van der Waals surface area contributed by atoms with Crippen LogP contribution in [-0.4, -0.2) is 5.33 Å². The highest BCUT2D eigenvalue weighted by Gasteiger charge is 2.15. The Labute approximate surface area is 70.4 Å². The molecule has 0 aliphatic carbocycles. The van der Waals surface area contributed by atoms with Crippen molar-refractivity contribution < 1.29 is 0 Å². The number of rotatable bonds is 3. The fourth-order valence-electron chi connectivity index (χ4n) is 0.567. The van der Waals surface area contributed by atoms with Crippen molar-refractivity contribution in [3.8, 4) is 0 Å². The maximum Gasteiger partial charge on any atom is 0.0114 e. The Hall–Kier alpha value is 0.510. The first-order valence-electron chi connectivity index (χ1n) is 2.87. The normalized spacial score (nSPS) is 11.6. The standard InChI is InChI=1S/C7H12BrCl/c1-6(9)4-7(2,3)5-8/h1,4-5H2,2-3H3. The van der Waals surface area contributed by atoms with Crippen molar-refractivity contribution in [2.24, 2.45) is 5.41 Å². The third-order valence-corrected chi connectivity index (χ3v) is 2.68. The molecule has 0 spiro atoms. The Balaban J connectivity index is 3.71. The second-order valence-electron chi connectivity index (χ2n) is 2.99. The lowest BCUT2D eigenvalue weighted by Crippen LogP contribution is -2.12. The fourth-order valence-corrected chi connectivity index (χ4v) is 1.13. The van der Waals surface area contributed by atoms with Crippen molar-refractivity contribution in [1.29, 1.82) is 0 Å². The maximum atomic E-state index is 5.63. The highest BCUT2D eigenvalue weighted by Crippen LogP contribution is 2.27. The van der Waals surface area contributed by atoms with Gasteiger partial charge < -0.3 is 0 Å². The lowest BCUT2D eigenvalue weighted by molar-refractivity contribution is 0.431. The molecule has 0 unspecified atom stereocenters. The van der Waals surface area contributed by atoms with E-state index >= 15 is 0 Å². The lowest BCUT2D eigenvalue weighted by atomic mass is 9.92. The van der Waals surface area contributed by atoms with E-state index in [2.05, 4.69) is 36.4 Å². The zero-order chi connectivity index (χ0) is 7.49. The molecular formula is C7H12BrCl. The van der Waals surface area contributed by atoms with Crippen LogP contribution >= 0.6 is 27.5 Å². The highest BCUT2D eigenvalue weighted by molar-refractivity contribution is 9.09. The Bertz CT molecular complexity index is 107. The summed E-state index contributed by atoms with van der Waals surface area (Å²) < 4.78 is 0. The van der Waals surface area contributed by atoms with Crippen molar-refractivity contribution in [2.75, 3.05) is 5.33 Å². The van der Waals surface area contributed by atoms with Gasteiger partial charge in [-0.15, -0.1) is 0 Å². The van der Waals surface area contributed by atoms with Crippen molar-refractivity contribution in [2.45, 2.75) is 20.3 Å². The number of hydrogen-bond acceptors (Lipinski definition) is 0. The summed E-state index contributed by atoms with van der Waals surface area (Å²) in [5.41, 5.74) is 0.249. The molecule has 0 saturated heterocycles. The van der Waals surface area contributed by atoms with E-state index < -0.39 is 0 Å². The van der Waals surface area contributed by atoms with Gasteiger partial charge in [-0.1, -0.05) is 48.0 Å². The van der Waals surface area contributed by atoms with Crippen LogP contribution in [0.15, 0.2) is 11.6 Å². The van der Waals surface area contributed by atoms with Crippen LogP contribution in [0.3, 0.4) is 0 Å².